The molecule has 124 valence electrons. The number of rotatable bonds is 4. The van der Waals surface area contributed by atoms with Crippen molar-refractivity contribution in [3.05, 3.63) is 54.6 Å². The van der Waals surface area contributed by atoms with Gasteiger partial charge in [-0.3, -0.25) is 5.32 Å². The Kier molecular flexibility index (Phi) is 5.23. The molecule has 0 unspecified atom stereocenters. The van der Waals surface area contributed by atoms with Crippen LogP contribution in [-0.2, 0) is 0 Å². The zero-order chi connectivity index (χ0) is 17.5. The van der Waals surface area contributed by atoms with Crippen molar-refractivity contribution >= 4 is 22.6 Å². The molecule has 1 aromatic heterocycles. The van der Waals surface area contributed by atoms with E-state index in [1.54, 1.807) is 12.1 Å². The number of amidine groups is 1. The first-order valence-electron chi connectivity index (χ1n) is 7.20. The van der Waals surface area contributed by atoms with E-state index in [9.17, 15) is 0 Å². The highest BCUT2D eigenvalue weighted by atomic mass is 32.2. The van der Waals surface area contributed by atoms with Gasteiger partial charge in [-0.2, -0.15) is 9.94 Å². The number of ether oxygens (including phenoxy) is 1. The van der Waals surface area contributed by atoms with Gasteiger partial charge in [-0.1, -0.05) is 47.2 Å². The van der Waals surface area contributed by atoms with E-state index in [0.29, 0.717) is 16.6 Å². The van der Waals surface area contributed by atoms with E-state index in [4.69, 9.17) is 10.00 Å². The third-order valence-corrected chi connectivity index (χ3v) is 3.67. The number of benzene rings is 2. The molecule has 25 heavy (non-hydrogen) atoms. The van der Waals surface area contributed by atoms with Gasteiger partial charge in [0.05, 0.1) is 5.69 Å². The minimum Gasteiger partial charge on any atom is -0.421 e. The van der Waals surface area contributed by atoms with Crippen LogP contribution in [0.5, 0.6) is 11.8 Å². The number of hydrogen-bond acceptors (Lipinski definition) is 7. The summed E-state index contributed by atoms with van der Waals surface area (Å²) < 4.78 is 7.35. The second-order valence-electron chi connectivity index (χ2n) is 4.64. The molecule has 0 fully saturated rings. The molecule has 0 bridgehead atoms. The number of thioether (sulfide) groups is 1. The Labute approximate surface area is 148 Å². The largest absolute Gasteiger partial charge is 0.421 e. The minimum absolute atomic E-state index is 0.216. The summed E-state index contributed by atoms with van der Waals surface area (Å²) >= 11 is 1.32. The van der Waals surface area contributed by atoms with Gasteiger partial charge in [-0.25, -0.2) is 4.99 Å². The highest BCUT2D eigenvalue weighted by molar-refractivity contribution is 8.13. The number of nitriles is 1. The quantitative estimate of drug-likeness (QED) is 0.334. The van der Waals surface area contributed by atoms with E-state index < -0.39 is 0 Å². The zero-order valence-corrected chi connectivity index (χ0v) is 14.0. The molecule has 1 N–H and O–H groups in total. The Morgan fingerprint density at radius 2 is 1.96 bits per heavy atom. The summed E-state index contributed by atoms with van der Waals surface area (Å²) in [6.45, 7) is 0. The predicted octanol–water partition coefficient (Wildman–Crippen LogP) is 2.88. The molecule has 0 aliphatic rings. The molecule has 0 atom stereocenters. The van der Waals surface area contributed by atoms with Crippen LogP contribution in [0.4, 0.5) is 5.69 Å². The van der Waals surface area contributed by atoms with Gasteiger partial charge in [-0.15, -0.1) is 0 Å². The van der Waals surface area contributed by atoms with Crippen LogP contribution in [0, 0.1) is 11.5 Å². The summed E-state index contributed by atoms with van der Waals surface area (Å²) in [4.78, 5) is 4.39. The van der Waals surface area contributed by atoms with Crippen LogP contribution < -0.4 is 10.1 Å². The van der Waals surface area contributed by atoms with E-state index in [2.05, 4.69) is 25.8 Å². The van der Waals surface area contributed by atoms with Gasteiger partial charge >= 0.3 is 6.01 Å². The maximum atomic E-state index is 8.77. The van der Waals surface area contributed by atoms with Crippen molar-refractivity contribution in [1.82, 2.24) is 25.5 Å². The molecule has 0 aliphatic carbocycles. The Bertz CT molecular complexity index is 917. The molecule has 0 radical (unpaired) electrons. The standard InChI is InChI=1S/C16H13N7OS/c1-25-15(18-11-17)19-13-9-5-6-10-14(13)24-16-20-21-22-23(16)12-7-3-2-4-8-12/h2-10H,1H3,(H,18,19). The average molecular weight is 351 g/mol. The predicted molar refractivity (Wildman–Crippen MR) is 95.0 cm³/mol. The average Bonchev–Trinajstić information content (AvgIpc) is 3.11. The zero-order valence-electron chi connectivity index (χ0n) is 13.2. The van der Waals surface area contributed by atoms with Crippen molar-refractivity contribution in [2.75, 3.05) is 6.26 Å². The number of aliphatic imine (C=N–C) groups is 1. The van der Waals surface area contributed by atoms with Gasteiger partial charge in [-0.05, 0) is 40.9 Å². The van der Waals surface area contributed by atoms with Crippen LogP contribution in [0.25, 0.3) is 5.69 Å². The van der Waals surface area contributed by atoms with Gasteiger partial charge in [0, 0.05) is 0 Å². The number of nitrogens with one attached hydrogen (secondary N) is 1. The maximum absolute atomic E-state index is 8.77. The summed E-state index contributed by atoms with van der Waals surface area (Å²) in [7, 11) is 0. The fourth-order valence-electron chi connectivity index (χ4n) is 1.99. The van der Waals surface area contributed by atoms with Crippen molar-refractivity contribution in [2.24, 2.45) is 4.99 Å². The maximum Gasteiger partial charge on any atom is 0.345 e. The number of tetrazole rings is 1. The Hall–Kier alpha value is -3.38. The normalized spacial score (nSPS) is 11.0. The van der Waals surface area contributed by atoms with Crippen molar-refractivity contribution < 1.29 is 4.74 Å². The van der Waals surface area contributed by atoms with Gasteiger partial charge in [0.2, 0.25) is 0 Å². The first-order chi connectivity index (χ1) is 12.3. The molecule has 2 aromatic carbocycles. The van der Waals surface area contributed by atoms with Crippen LogP contribution in [0.3, 0.4) is 0 Å². The fourth-order valence-corrected chi connectivity index (χ4v) is 2.33. The van der Waals surface area contributed by atoms with E-state index in [-0.39, 0.29) is 6.01 Å². The number of hydrogen-bond donors (Lipinski definition) is 1. The molecular formula is C16H13N7OS. The van der Waals surface area contributed by atoms with Gasteiger partial charge in [0.15, 0.2) is 17.1 Å². The molecule has 3 aromatic rings. The summed E-state index contributed by atoms with van der Waals surface area (Å²) in [6.07, 6.45) is 3.68. The summed E-state index contributed by atoms with van der Waals surface area (Å²) in [6, 6.07) is 16.8. The van der Waals surface area contributed by atoms with E-state index in [1.165, 1.54) is 16.4 Å². The molecule has 9 heteroatoms. The van der Waals surface area contributed by atoms with Crippen molar-refractivity contribution in [1.29, 1.82) is 5.26 Å². The van der Waals surface area contributed by atoms with Crippen LogP contribution in [0.2, 0.25) is 0 Å². The lowest BCUT2D eigenvalue weighted by Gasteiger charge is -2.08. The number of nitrogens with zero attached hydrogens (tertiary/aromatic N) is 6. The van der Waals surface area contributed by atoms with Gasteiger partial charge in [0.25, 0.3) is 0 Å². The lowest BCUT2D eigenvalue weighted by Crippen LogP contribution is -2.12. The van der Waals surface area contributed by atoms with Crippen LogP contribution in [-0.4, -0.2) is 31.6 Å². The monoisotopic (exact) mass is 351 g/mol. The summed E-state index contributed by atoms with van der Waals surface area (Å²) in [5.74, 6) is 0.473. The first kappa shape index (κ1) is 16.5. The molecule has 0 spiro atoms. The van der Waals surface area contributed by atoms with Crippen LogP contribution >= 0.6 is 11.8 Å². The smallest absolute Gasteiger partial charge is 0.345 e. The lowest BCUT2D eigenvalue weighted by molar-refractivity contribution is 0.428. The summed E-state index contributed by atoms with van der Waals surface area (Å²) in [5, 5.41) is 23.3. The van der Waals surface area contributed by atoms with Gasteiger partial charge < -0.3 is 4.74 Å². The van der Waals surface area contributed by atoms with Crippen molar-refractivity contribution in [3.8, 4) is 23.6 Å². The Morgan fingerprint density at radius 1 is 1.20 bits per heavy atom. The van der Waals surface area contributed by atoms with Gasteiger partial charge in [0.1, 0.15) is 5.69 Å². The number of aromatic nitrogens is 4. The minimum atomic E-state index is 0.216. The number of para-hydroxylation sites is 3. The van der Waals surface area contributed by atoms with Crippen molar-refractivity contribution in [3.63, 3.8) is 0 Å². The molecule has 8 nitrogen and oxygen atoms in total. The molecule has 0 saturated heterocycles. The molecule has 1 heterocycles. The third kappa shape index (κ3) is 3.94. The molecule has 0 aliphatic heterocycles. The third-order valence-electron chi connectivity index (χ3n) is 3.09. The lowest BCUT2D eigenvalue weighted by atomic mass is 10.3. The Balaban J connectivity index is 1.93. The SMILES string of the molecule is CSC(=Nc1ccccc1Oc1nnnn1-c1ccccc1)NC#N. The first-order valence-corrected chi connectivity index (χ1v) is 8.43. The van der Waals surface area contributed by atoms with E-state index in [0.717, 1.165) is 5.69 Å². The Morgan fingerprint density at radius 3 is 2.72 bits per heavy atom. The molecular weight excluding hydrogens is 338 g/mol. The van der Waals surface area contributed by atoms with Crippen LogP contribution in [0.1, 0.15) is 0 Å². The van der Waals surface area contributed by atoms with Crippen LogP contribution in [0.15, 0.2) is 59.6 Å². The second kappa shape index (κ2) is 7.94. The highest BCUT2D eigenvalue weighted by Gasteiger charge is 2.13. The highest BCUT2D eigenvalue weighted by Crippen LogP contribution is 2.31. The van der Waals surface area contributed by atoms with Crippen molar-refractivity contribution in [2.45, 2.75) is 0 Å². The van der Waals surface area contributed by atoms with E-state index >= 15 is 0 Å². The topological polar surface area (TPSA) is 101 Å². The van der Waals surface area contributed by atoms with E-state index in [1.807, 2.05) is 54.9 Å². The summed E-state index contributed by atoms with van der Waals surface area (Å²) in [5.41, 5.74) is 1.33. The fraction of sp³-hybridized carbons (Fsp3) is 0.0625. The molecule has 3 rings (SSSR count). The molecule has 0 saturated carbocycles. The molecule has 0 amide bonds. The second-order valence-corrected chi connectivity index (χ2v) is 5.43.